The molecule has 0 aromatic carbocycles. The van der Waals surface area contributed by atoms with E-state index in [2.05, 4.69) is 15.9 Å². The molecule has 1 atom stereocenters. The Kier molecular flexibility index (Phi) is 9.06. The monoisotopic (exact) mass is 241 g/mol. The largest absolute Gasteiger partial charge is 0.382 e. The van der Waals surface area contributed by atoms with E-state index < -0.39 is 7.80 Å². The minimum absolute atomic E-state index is 0.750. The summed E-state index contributed by atoms with van der Waals surface area (Å²) < 4.78 is 16.2. The normalized spacial score (nSPS) is 11.6. The van der Waals surface area contributed by atoms with Crippen molar-refractivity contribution in [3.63, 3.8) is 0 Å². The molecule has 0 saturated heterocycles. The molecule has 0 fully saturated rings. The Bertz CT molecular complexity index is 109. The smallest absolute Gasteiger partial charge is 0.339 e. The molecule has 0 spiro atoms. The Morgan fingerprint density at radius 3 is 2.73 bits per heavy atom. The fraction of sp³-hybridized carbons (Fsp3) is 1.00. The first-order chi connectivity index (χ1) is 5.31. The van der Waals surface area contributed by atoms with Gasteiger partial charge in [0.05, 0.1) is 6.61 Å². The molecule has 0 aliphatic heterocycles. The summed E-state index contributed by atoms with van der Waals surface area (Å²) in [7, 11) is -0.974. The molecule has 0 radical (unpaired) electrons. The molecule has 0 aliphatic carbocycles. The number of alkyl halides is 1. The summed E-state index contributed by atoms with van der Waals surface area (Å²) in [6.45, 7) is 3.48. The van der Waals surface area contributed by atoms with Crippen LogP contribution in [-0.4, -0.2) is 30.9 Å². The number of rotatable bonds is 7. The Hall–Kier alpha value is 0.540. The summed E-state index contributed by atoms with van der Waals surface area (Å²) in [6.07, 6.45) is 2.53. The first-order valence-electron chi connectivity index (χ1n) is 3.87. The molecule has 0 heterocycles. The topological polar surface area (TPSA) is 26.3 Å². The second-order valence-electron chi connectivity index (χ2n) is 2.17. The van der Waals surface area contributed by atoms with Gasteiger partial charge < -0.3 is 4.74 Å². The maximum absolute atomic E-state index is 11.1. The van der Waals surface area contributed by atoms with E-state index in [0.717, 1.165) is 37.3 Å². The molecule has 0 N–H and O–H groups in total. The highest BCUT2D eigenvalue weighted by Gasteiger charge is 2.11. The summed E-state index contributed by atoms with van der Waals surface area (Å²) in [6, 6.07) is 0. The van der Waals surface area contributed by atoms with Crippen molar-refractivity contribution in [2.24, 2.45) is 0 Å². The Labute approximate surface area is 77.6 Å². The van der Waals surface area contributed by atoms with Gasteiger partial charge in [0.2, 0.25) is 0 Å². The molecule has 0 aliphatic rings. The van der Waals surface area contributed by atoms with E-state index in [0.29, 0.717) is 0 Å². The van der Waals surface area contributed by atoms with Crippen LogP contribution in [0.3, 0.4) is 0 Å². The van der Waals surface area contributed by atoms with E-state index in [9.17, 15) is 4.57 Å². The second kappa shape index (κ2) is 8.63. The Balaban J connectivity index is 3.04. The van der Waals surface area contributed by atoms with Crippen LogP contribution in [0.4, 0.5) is 0 Å². The van der Waals surface area contributed by atoms with Crippen LogP contribution in [0.25, 0.3) is 0 Å². The third-order valence-electron chi connectivity index (χ3n) is 1.23. The second-order valence-corrected chi connectivity index (χ2v) is 4.82. The quantitative estimate of drug-likeness (QED) is 0.389. The molecule has 2 nitrogen and oxygen atoms in total. The highest BCUT2D eigenvalue weighted by atomic mass is 79.9. The third kappa shape index (κ3) is 8.45. The predicted molar refractivity (Wildman–Crippen MR) is 52.2 cm³/mol. The summed E-state index contributed by atoms with van der Waals surface area (Å²) >= 11 is 3.26. The SMILES string of the molecule is CCOCCC[P+](=O)CCBr. The van der Waals surface area contributed by atoms with Crippen molar-refractivity contribution in [3.05, 3.63) is 0 Å². The Morgan fingerprint density at radius 2 is 2.18 bits per heavy atom. The number of hydrogen-bond donors (Lipinski definition) is 0. The van der Waals surface area contributed by atoms with Gasteiger partial charge in [-0.05, 0) is 6.92 Å². The highest BCUT2D eigenvalue weighted by molar-refractivity contribution is 9.09. The van der Waals surface area contributed by atoms with Gasteiger partial charge in [0.15, 0.2) is 6.16 Å². The lowest BCUT2D eigenvalue weighted by atomic mass is 10.5. The third-order valence-corrected chi connectivity index (χ3v) is 3.78. The molecule has 0 aromatic rings. The average Bonchev–Trinajstić information content (AvgIpc) is 1.99. The van der Waals surface area contributed by atoms with E-state index in [4.69, 9.17) is 4.74 Å². The zero-order valence-electron chi connectivity index (χ0n) is 6.88. The van der Waals surface area contributed by atoms with Crippen LogP contribution < -0.4 is 0 Å². The van der Waals surface area contributed by atoms with Crippen molar-refractivity contribution in [1.82, 2.24) is 0 Å². The van der Waals surface area contributed by atoms with Crippen molar-refractivity contribution >= 4 is 23.7 Å². The molecule has 0 bridgehead atoms. The molecule has 0 aromatic heterocycles. The van der Waals surface area contributed by atoms with E-state index in [1.54, 1.807) is 0 Å². The van der Waals surface area contributed by atoms with Gasteiger partial charge >= 0.3 is 7.80 Å². The van der Waals surface area contributed by atoms with E-state index in [1.165, 1.54) is 0 Å². The van der Waals surface area contributed by atoms with Crippen molar-refractivity contribution < 1.29 is 9.30 Å². The van der Waals surface area contributed by atoms with Crippen LogP contribution >= 0.6 is 23.7 Å². The van der Waals surface area contributed by atoms with Gasteiger partial charge in [0, 0.05) is 18.4 Å². The lowest BCUT2D eigenvalue weighted by Gasteiger charge is -1.94. The molecule has 1 unspecified atom stereocenters. The van der Waals surface area contributed by atoms with Crippen LogP contribution in [0.2, 0.25) is 0 Å². The number of hydrogen-bond acceptors (Lipinski definition) is 2. The molecule has 0 saturated carbocycles. The summed E-state index contributed by atoms with van der Waals surface area (Å²) in [5, 5.41) is 0.844. The molecule has 11 heavy (non-hydrogen) atoms. The molecule has 0 amide bonds. The van der Waals surface area contributed by atoms with Crippen molar-refractivity contribution in [2.75, 3.05) is 30.9 Å². The van der Waals surface area contributed by atoms with Crippen LogP contribution in [0.1, 0.15) is 13.3 Å². The average molecular weight is 242 g/mol. The number of halogens is 1. The minimum atomic E-state index is -0.974. The molecule has 4 heteroatoms. The molecular formula is C7H15BrO2P+. The Morgan fingerprint density at radius 1 is 1.45 bits per heavy atom. The van der Waals surface area contributed by atoms with Crippen molar-refractivity contribution in [3.8, 4) is 0 Å². The van der Waals surface area contributed by atoms with Gasteiger partial charge in [-0.3, -0.25) is 0 Å². The van der Waals surface area contributed by atoms with E-state index in [-0.39, 0.29) is 0 Å². The van der Waals surface area contributed by atoms with Crippen molar-refractivity contribution in [2.45, 2.75) is 13.3 Å². The molecule has 66 valence electrons. The maximum Gasteiger partial charge on any atom is 0.339 e. The summed E-state index contributed by atoms with van der Waals surface area (Å²) in [5.41, 5.74) is 0. The van der Waals surface area contributed by atoms with E-state index >= 15 is 0 Å². The lowest BCUT2D eigenvalue weighted by Crippen LogP contribution is -1.95. The van der Waals surface area contributed by atoms with Gasteiger partial charge in [-0.25, -0.2) is 0 Å². The van der Waals surface area contributed by atoms with Crippen LogP contribution in [0.5, 0.6) is 0 Å². The fourth-order valence-electron chi connectivity index (χ4n) is 0.693. The van der Waals surface area contributed by atoms with Gasteiger partial charge in [-0.15, -0.1) is 0 Å². The first-order valence-corrected chi connectivity index (χ1v) is 6.62. The van der Waals surface area contributed by atoms with Gasteiger partial charge in [-0.1, -0.05) is 20.5 Å². The summed E-state index contributed by atoms with van der Waals surface area (Å²) in [4.78, 5) is 0. The van der Waals surface area contributed by atoms with Gasteiger partial charge in [0.1, 0.15) is 6.16 Å². The maximum atomic E-state index is 11.1. The number of ether oxygens (including phenoxy) is 1. The fourth-order valence-corrected chi connectivity index (χ4v) is 2.77. The van der Waals surface area contributed by atoms with Gasteiger partial charge in [0.25, 0.3) is 0 Å². The van der Waals surface area contributed by atoms with Crippen molar-refractivity contribution in [1.29, 1.82) is 0 Å². The van der Waals surface area contributed by atoms with Crippen LogP contribution in [-0.2, 0) is 9.30 Å². The molecular weight excluding hydrogens is 227 g/mol. The molecule has 0 rings (SSSR count). The standard InChI is InChI=1S/C7H15BrO2P/c1-2-10-5-3-6-11(9)7-4-8/h2-7H2,1H3/q+1. The minimum Gasteiger partial charge on any atom is -0.382 e. The van der Waals surface area contributed by atoms with Gasteiger partial charge in [-0.2, -0.15) is 0 Å². The summed E-state index contributed by atoms with van der Waals surface area (Å²) in [5.74, 6) is 0. The van der Waals surface area contributed by atoms with Crippen LogP contribution in [0.15, 0.2) is 0 Å². The first kappa shape index (κ1) is 11.5. The zero-order valence-corrected chi connectivity index (χ0v) is 9.36. The van der Waals surface area contributed by atoms with Crippen LogP contribution in [0, 0.1) is 0 Å². The van der Waals surface area contributed by atoms with E-state index in [1.807, 2.05) is 6.92 Å². The highest BCUT2D eigenvalue weighted by Crippen LogP contribution is 2.21. The zero-order chi connectivity index (χ0) is 8.53. The lowest BCUT2D eigenvalue weighted by molar-refractivity contribution is 0.149. The predicted octanol–water partition coefficient (Wildman–Crippen LogP) is 2.64.